The van der Waals surface area contributed by atoms with Crippen molar-refractivity contribution >= 4 is 28.4 Å². The van der Waals surface area contributed by atoms with Crippen LogP contribution in [0.15, 0.2) is 60.8 Å². The molecule has 226 valence electrons. The Bertz CT molecular complexity index is 1660. The lowest BCUT2D eigenvalue weighted by molar-refractivity contribution is -0.289. The van der Waals surface area contributed by atoms with Crippen molar-refractivity contribution in [3.63, 3.8) is 0 Å². The molecule has 12 heteroatoms. The number of carbonyl (C=O) groups is 1. The Labute approximate surface area is 245 Å². The van der Waals surface area contributed by atoms with Crippen LogP contribution in [0.2, 0.25) is 0 Å². The second-order valence-electron chi connectivity index (χ2n) is 10.6. The molecule has 2 heterocycles. The van der Waals surface area contributed by atoms with Gasteiger partial charge in [0.05, 0.1) is 11.1 Å². The summed E-state index contributed by atoms with van der Waals surface area (Å²) in [7, 11) is 3.56. The predicted octanol–water partition coefficient (Wildman–Crippen LogP) is 7.03. The van der Waals surface area contributed by atoms with Gasteiger partial charge in [-0.1, -0.05) is 12.1 Å². The number of carbonyl (C=O) groups excluding carboxylic acids is 1. The van der Waals surface area contributed by atoms with E-state index < -0.39 is 29.3 Å². The highest BCUT2D eigenvalue weighted by Crippen LogP contribution is 2.48. The molecule has 1 aromatic heterocycles. The van der Waals surface area contributed by atoms with Crippen molar-refractivity contribution in [1.82, 2.24) is 14.9 Å². The molecule has 1 atom stereocenters. The van der Waals surface area contributed by atoms with Crippen molar-refractivity contribution in [2.45, 2.75) is 37.9 Å². The third-order valence-corrected chi connectivity index (χ3v) is 7.65. The fourth-order valence-electron chi connectivity index (χ4n) is 5.11. The summed E-state index contributed by atoms with van der Waals surface area (Å²) in [6.07, 6.45) is -2.52. The first-order chi connectivity index (χ1) is 20.4. The van der Waals surface area contributed by atoms with Gasteiger partial charge in [-0.15, -0.1) is 0 Å². The van der Waals surface area contributed by atoms with Crippen molar-refractivity contribution in [1.29, 1.82) is 0 Å². The Morgan fingerprint density at radius 3 is 2.56 bits per heavy atom. The molecule has 0 saturated carbocycles. The summed E-state index contributed by atoms with van der Waals surface area (Å²) in [6.45, 7) is 2.61. The molecule has 1 saturated heterocycles. The van der Waals surface area contributed by atoms with Crippen LogP contribution in [0, 0.1) is 6.92 Å². The van der Waals surface area contributed by atoms with E-state index >= 15 is 0 Å². The van der Waals surface area contributed by atoms with Crippen molar-refractivity contribution < 1.29 is 31.5 Å². The molecule has 5 rings (SSSR count). The van der Waals surface area contributed by atoms with Crippen molar-refractivity contribution in [3.05, 3.63) is 77.5 Å². The van der Waals surface area contributed by atoms with Crippen LogP contribution in [0.25, 0.3) is 22.0 Å². The lowest BCUT2D eigenvalue weighted by Crippen LogP contribution is -2.35. The normalized spacial score (nSPS) is 16.0. The number of amides is 1. The Kier molecular flexibility index (Phi) is 8.24. The molecule has 1 aliphatic heterocycles. The first-order valence-electron chi connectivity index (χ1n) is 13.7. The topological polar surface area (TPSA) is 79.4 Å². The standard InChI is InChI=1S/C31H30F5N5O2/c1-18-6-7-20(14-24(18)19-8-11-26-21(13-19)16-38-29(37-2)40-26)28(42)39-22-9-10-25(30(32,33)31(34,35)36)27(15-22)43-17-23-5-4-12-41(23)3/h6-11,13-16,23H,4-5,12,17H2,1-3H3,(H,39,42)(H,37,38,40). The molecule has 0 radical (unpaired) electrons. The molecule has 0 bridgehead atoms. The maximum absolute atomic E-state index is 14.4. The molecule has 43 heavy (non-hydrogen) atoms. The number of halogens is 5. The minimum absolute atomic E-state index is 0.0202. The molecular weight excluding hydrogens is 569 g/mol. The average Bonchev–Trinajstić information content (AvgIpc) is 3.39. The average molecular weight is 600 g/mol. The first-order valence-corrected chi connectivity index (χ1v) is 13.7. The number of nitrogens with one attached hydrogen (secondary N) is 2. The molecule has 1 aliphatic rings. The van der Waals surface area contributed by atoms with Gasteiger partial charge in [-0.2, -0.15) is 22.0 Å². The van der Waals surface area contributed by atoms with Crippen molar-refractivity contribution in [3.8, 4) is 16.9 Å². The lowest BCUT2D eigenvalue weighted by Gasteiger charge is -2.25. The number of likely N-dealkylation sites (tertiary alicyclic amines) is 1. The Hall–Kier alpha value is -4.32. The summed E-state index contributed by atoms with van der Waals surface area (Å²) in [5, 5.41) is 6.31. The van der Waals surface area contributed by atoms with E-state index in [0.717, 1.165) is 59.1 Å². The van der Waals surface area contributed by atoms with Gasteiger partial charge < -0.3 is 20.3 Å². The number of nitrogens with zero attached hydrogens (tertiary/aromatic N) is 3. The number of benzene rings is 3. The number of anilines is 2. The summed E-state index contributed by atoms with van der Waals surface area (Å²) in [5.74, 6) is -5.85. The Morgan fingerprint density at radius 1 is 1.07 bits per heavy atom. The summed E-state index contributed by atoms with van der Waals surface area (Å²) in [5.41, 5.74) is 2.22. The highest BCUT2D eigenvalue weighted by molar-refractivity contribution is 6.05. The maximum Gasteiger partial charge on any atom is 0.458 e. The summed E-state index contributed by atoms with van der Waals surface area (Å²) in [4.78, 5) is 23.9. The van der Waals surface area contributed by atoms with E-state index in [9.17, 15) is 26.7 Å². The van der Waals surface area contributed by atoms with Gasteiger partial charge in [-0.3, -0.25) is 4.79 Å². The number of hydrogen-bond acceptors (Lipinski definition) is 6. The second-order valence-corrected chi connectivity index (χ2v) is 10.6. The van der Waals surface area contributed by atoms with Gasteiger partial charge in [0.25, 0.3) is 5.91 Å². The molecule has 2 N–H and O–H groups in total. The number of fused-ring (bicyclic) bond motifs is 1. The number of rotatable bonds is 8. The van der Waals surface area contributed by atoms with E-state index in [2.05, 4.69) is 20.6 Å². The summed E-state index contributed by atoms with van der Waals surface area (Å²) >= 11 is 0. The number of ether oxygens (including phenoxy) is 1. The largest absolute Gasteiger partial charge is 0.491 e. The quantitative estimate of drug-likeness (QED) is 0.212. The number of hydrogen-bond donors (Lipinski definition) is 2. The van der Waals surface area contributed by atoms with Gasteiger partial charge in [-0.05, 0) is 86.4 Å². The molecule has 3 aromatic carbocycles. The molecule has 1 amide bonds. The molecule has 0 spiro atoms. The fraction of sp³-hybridized carbons (Fsp3) is 0.323. The minimum atomic E-state index is -5.82. The van der Waals surface area contributed by atoms with E-state index in [1.807, 2.05) is 37.1 Å². The zero-order valence-electron chi connectivity index (χ0n) is 23.7. The van der Waals surface area contributed by atoms with Crippen molar-refractivity contribution in [2.75, 3.05) is 37.9 Å². The second kappa shape index (κ2) is 11.8. The van der Waals surface area contributed by atoms with E-state index in [-0.39, 0.29) is 23.9 Å². The van der Waals surface area contributed by atoms with Crippen LogP contribution in [0.1, 0.15) is 34.3 Å². The van der Waals surface area contributed by atoms with Gasteiger partial charge in [0, 0.05) is 42.0 Å². The Morgan fingerprint density at radius 2 is 1.86 bits per heavy atom. The zero-order chi connectivity index (χ0) is 30.9. The molecule has 7 nitrogen and oxygen atoms in total. The smallest absolute Gasteiger partial charge is 0.458 e. The number of aryl methyl sites for hydroxylation is 1. The minimum Gasteiger partial charge on any atom is -0.491 e. The fourth-order valence-corrected chi connectivity index (χ4v) is 5.11. The highest BCUT2D eigenvalue weighted by atomic mass is 19.4. The Balaban J connectivity index is 1.42. The number of alkyl halides is 5. The maximum atomic E-state index is 14.4. The van der Waals surface area contributed by atoms with Crippen LogP contribution in [-0.4, -0.2) is 60.2 Å². The lowest BCUT2D eigenvalue weighted by atomic mass is 9.97. The van der Waals surface area contributed by atoms with Crippen LogP contribution >= 0.6 is 0 Å². The first kappa shape index (κ1) is 30.1. The molecule has 1 unspecified atom stereocenters. The molecule has 1 fully saturated rings. The summed E-state index contributed by atoms with van der Waals surface area (Å²) in [6, 6.07) is 13.3. The van der Waals surface area contributed by atoms with E-state index in [1.165, 1.54) is 0 Å². The monoisotopic (exact) mass is 599 g/mol. The number of likely N-dealkylation sites (N-methyl/N-ethyl adjacent to an activating group) is 1. The van der Waals surface area contributed by atoms with Gasteiger partial charge in [0.15, 0.2) is 0 Å². The zero-order valence-corrected chi connectivity index (χ0v) is 23.7. The molecule has 4 aromatic rings. The van der Waals surface area contributed by atoms with Crippen LogP contribution in [0.3, 0.4) is 0 Å². The van der Waals surface area contributed by atoms with E-state index in [4.69, 9.17) is 4.74 Å². The van der Waals surface area contributed by atoms with Gasteiger partial charge >= 0.3 is 12.1 Å². The van der Waals surface area contributed by atoms with Crippen LogP contribution in [0.5, 0.6) is 5.75 Å². The third kappa shape index (κ3) is 6.24. The highest BCUT2D eigenvalue weighted by Gasteiger charge is 2.60. The predicted molar refractivity (Wildman–Crippen MR) is 155 cm³/mol. The van der Waals surface area contributed by atoms with Crippen LogP contribution in [0.4, 0.5) is 33.6 Å². The van der Waals surface area contributed by atoms with E-state index in [1.54, 1.807) is 31.4 Å². The van der Waals surface area contributed by atoms with Gasteiger partial charge in [0.2, 0.25) is 5.95 Å². The number of aromatic nitrogens is 2. The summed E-state index contributed by atoms with van der Waals surface area (Å²) < 4.78 is 74.2. The van der Waals surface area contributed by atoms with Crippen LogP contribution in [-0.2, 0) is 5.92 Å². The third-order valence-electron chi connectivity index (χ3n) is 7.65. The van der Waals surface area contributed by atoms with Gasteiger partial charge in [0.1, 0.15) is 12.4 Å². The van der Waals surface area contributed by atoms with Gasteiger partial charge in [-0.25, -0.2) is 9.97 Å². The molecule has 0 aliphatic carbocycles. The van der Waals surface area contributed by atoms with Crippen molar-refractivity contribution in [2.24, 2.45) is 0 Å². The van der Waals surface area contributed by atoms with E-state index in [0.29, 0.717) is 12.0 Å². The molecular formula is C31H30F5N5O2. The SMILES string of the molecule is CNc1ncc2cc(-c3cc(C(=O)Nc4ccc(C(F)(F)C(F)(F)F)c(OCC5CCCN5C)c4)ccc3C)ccc2n1. The van der Waals surface area contributed by atoms with Crippen LogP contribution < -0.4 is 15.4 Å².